The second kappa shape index (κ2) is 6.17. The van der Waals surface area contributed by atoms with E-state index in [1.807, 2.05) is 13.8 Å². The molecule has 0 bridgehead atoms. The summed E-state index contributed by atoms with van der Waals surface area (Å²) in [6.45, 7) is 5.42. The normalized spacial score (nSPS) is 14.2. The second-order valence-electron chi connectivity index (χ2n) is 4.34. The Kier molecular flexibility index (Phi) is 4.85. The van der Waals surface area contributed by atoms with Crippen molar-refractivity contribution in [3.05, 3.63) is 12.2 Å². The maximum atomic E-state index is 12.4. The fourth-order valence-electron chi connectivity index (χ4n) is 1.97. The van der Waals surface area contributed by atoms with Crippen molar-refractivity contribution in [1.29, 1.82) is 0 Å². The monoisotopic (exact) mass is 268 g/mol. The Morgan fingerprint density at radius 1 is 1.63 bits per heavy atom. The average Bonchev–Trinajstić information content (AvgIpc) is 2.94. The molecule has 1 atom stereocenters. The molecule has 0 radical (unpaired) electrons. The van der Waals surface area contributed by atoms with Crippen LogP contribution >= 0.6 is 0 Å². The lowest BCUT2D eigenvalue weighted by molar-refractivity contribution is -0.128. The number of amidine groups is 1. The minimum absolute atomic E-state index is 0.0835. The zero-order valence-corrected chi connectivity index (χ0v) is 11.3. The van der Waals surface area contributed by atoms with Gasteiger partial charge in [-0.3, -0.25) is 9.89 Å². The molecule has 8 heteroatoms. The minimum Gasteiger partial charge on any atom is -0.409 e. The first kappa shape index (κ1) is 14.9. The van der Waals surface area contributed by atoms with Crippen LogP contribution in [0.4, 0.5) is 0 Å². The van der Waals surface area contributed by atoms with Crippen molar-refractivity contribution >= 4 is 11.7 Å². The number of aromatic amines is 1. The van der Waals surface area contributed by atoms with Gasteiger partial charge in [0.15, 0.2) is 5.84 Å². The minimum atomic E-state index is -1.01. The lowest BCUT2D eigenvalue weighted by Crippen LogP contribution is -2.49. The number of H-pyrrole nitrogens is 1. The van der Waals surface area contributed by atoms with Gasteiger partial charge in [0.05, 0.1) is 6.04 Å². The summed E-state index contributed by atoms with van der Waals surface area (Å²) in [6.07, 6.45) is 2.25. The third-order valence-electron chi connectivity index (χ3n) is 3.43. The average molecular weight is 268 g/mol. The molecule has 0 aromatic carbocycles. The third kappa shape index (κ3) is 2.83. The van der Waals surface area contributed by atoms with E-state index in [1.165, 1.54) is 6.33 Å². The van der Waals surface area contributed by atoms with E-state index in [1.54, 1.807) is 6.92 Å². The Balaban J connectivity index is 2.90. The standard InChI is InChI=1S/C11H20N6O2/c1-4-11(5-2,9(12)17-19)10(18)15-7(3)8-13-6-14-16-8/h6-7,19H,4-5H2,1-3H3,(H2,12,17)(H,15,18)(H,13,14,16). The summed E-state index contributed by atoms with van der Waals surface area (Å²) in [5.74, 6) is 0.172. The maximum absolute atomic E-state index is 12.4. The summed E-state index contributed by atoms with van der Waals surface area (Å²) in [5, 5.41) is 21.1. The fraction of sp³-hybridized carbons (Fsp3) is 0.636. The van der Waals surface area contributed by atoms with E-state index in [0.29, 0.717) is 18.7 Å². The molecule has 1 unspecified atom stereocenters. The maximum Gasteiger partial charge on any atom is 0.234 e. The Hall–Kier alpha value is -2.12. The molecule has 0 aliphatic carbocycles. The van der Waals surface area contributed by atoms with Gasteiger partial charge in [-0.1, -0.05) is 19.0 Å². The van der Waals surface area contributed by atoms with Crippen LogP contribution in [0.15, 0.2) is 11.5 Å². The van der Waals surface area contributed by atoms with E-state index in [-0.39, 0.29) is 17.8 Å². The predicted octanol–water partition coefficient (Wildman–Crippen LogP) is 0.535. The molecule has 8 nitrogen and oxygen atoms in total. The van der Waals surface area contributed by atoms with Crippen molar-refractivity contribution in [2.45, 2.75) is 39.7 Å². The second-order valence-corrected chi connectivity index (χ2v) is 4.34. The van der Waals surface area contributed by atoms with Crippen LogP contribution in [0.2, 0.25) is 0 Å². The van der Waals surface area contributed by atoms with Gasteiger partial charge in [-0.15, -0.1) is 0 Å². The smallest absolute Gasteiger partial charge is 0.234 e. The number of nitrogens with one attached hydrogen (secondary N) is 2. The number of carbonyl (C=O) groups is 1. The Labute approximate surface area is 111 Å². The highest BCUT2D eigenvalue weighted by Gasteiger charge is 2.40. The molecule has 5 N–H and O–H groups in total. The molecule has 0 aliphatic heterocycles. The van der Waals surface area contributed by atoms with Crippen LogP contribution in [0.3, 0.4) is 0 Å². The van der Waals surface area contributed by atoms with Gasteiger partial charge >= 0.3 is 0 Å². The molecule has 0 spiro atoms. The van der Waals surface area contributed by atoms with Crippen LogP contribution < -0.4 is 11.1 Å². The van der Waals surface area contributed by atoms with Gasteiger partial charge in [-0.25, -0.2) is 4.98 Å². The van der Waals surface area contributed by atoms with E-state index in [0.717, 1.165) is 0 Å². The zero-order valence-electron chi connectivity index (χ0n) is 11.3. The quantitative estimate of drug-likeness (QED) is 0.259. The van der Waals surface area contributed by atoms with Gasteiger partial charge in [0.25, 0.3) is 0 Å². The number of nitrogens with two attached hydrogens (primary N) is 1. The van der Waals surface area contributed by atoms with Gasteiger partial charge in [0, 0.05) is 0 Å². The van der Waals surface area contributed by atoms with E-state index in [2.05, 4.69) is 25.7 Å². The summed E-state index contributed by atoms with van der Waals surface area (Å²) in [4.78, 5) is 16.4. The van der Waals surface area contributed by atoms with Crippen molar-refractivity contribution in [2.75, 3.05) is 0 Å². The van der Waals surface area contributed by atoms with E-state index < -0.39 is 5.41 Å². The number of hydrogen-bond donors (Lipinski definition) is 4. The summed E-state index contributed by atoms with van der Waals surface area (Å²) in [7, 11) is 0. The summed E-state index contributed by atoms with van der Waals surface area (Å²) in [5.41, 5.74) is 4.66. The Bertz CT molecular complexity index is 438. The third-order valence-corrected chi connectivity index (χ3v) is 3.43. The SMILES string of the molecule is CCC(CC)(C(=O)NC(C)c1ncn[nH]1)C(N)=NO. The number of aromatic nitrogens is 3. The number of oxime groups is 1. The Morgan fingerprint density at radius 2 is 2.26 bits per heavy atom. The lowest BCUT2D eigenvalue weighted by atomic mass is 9.80. The molecule has 0 saturated heterocycles. The molecule has 1 heterocycles. The van der Waals surface area contributed by atoms with Crippen LogP contribution in [0, 0.1) is 5.41 Å². The molecule has 1 aromatic rings. The Morgan fingerprint density at radius 3 is 2.68 bits per heavy atom. The number of nitrogens with zero attached hydrogens (tertiary/aromatic N) is 3. The highest BCUT2D eigenvalue weighted by molar-refractivity contribution is 6.06. The van der Waals surface area contributed by atoms with Gasteiger partial charge in [0.1, 0.15) is 17.6 Å². The van der Waals surface area contributed by atoms with Crippen LogP contribution in [0.1, 0.15) is 45.5 Å². The molecule has 0 aliphatic rings. The summed E-state index contributed by atoms with van der Waals surface area (Å²) < 4.78 is 0. The topological polar surface area (TPSA) is 129 Å². The molecule has 19 heavy (non-hydrogen) atoms. The van der Waals surface area contributed by atoms with Crippen LogP contribution in [0.5, 0.6) is 0 Å². The number of rotatable bonds is 6. The van der Waals surface area contributed by atoms with E-state index in [4.69, 9.17) is 10.9 Å². The molecule has 0 fully saturated rings. The predicted molar refractivity (Wildman–Crippen MR) is 69.4 cm³/mol. The van der Waals surface area contributed by atoms with Gasteiger partial charge in [0.2, 0.25) is 5.91 Å². The molecule has 0 saturated carbocycles. The number of amides is 1. The molecule has 1 rings (SSSR count). The highest BCUT2D eigenvalue weighted by Crippen LogP contribution is 2.28. The van der Waals surface area contributed by atoms with Gasteiger partial charge < -0.3 is 16.3 Å². The molecule has 1 aromatic heterocycles. The first-order valence-electron chi connectivity index (χ1n) is 6.16. The van der Waals surface area contributed by atoms with Crippen molar-refractivity contribution in [3.63, 3.8) is 0 Å². The summed E-state index contributed by atoms with van der Waals surface area (Å²) >= 11 is 0. The van der Waals surface area contributed by atoms with Crippen LogP contribution in [-0.2, 0) is 4.79 Å². The van der Waals surface area contributed by atoms with Gasteiger partial charge in [-0.05, 0) is 19.8 Å². The van der Waals surface area contributed by atoms with Crippen molar-refractivity contribution in [3.8, 4) is 0 Å². The zero-order chi connectivity index (χ0) is 14.5. The molecular formula is C11H20N6O2. The lowest BCUT2D eigenvalue weighted by Gasteiger charge is -2.29. The highest BCUT2D eigenvalue weighted by atomic mass is 16.4. The van der Waals surface area contributed by atoms with Crippen LogP contribution in [0.25, 0.3) is 0 Å². The first-order valence-corrected chi connectivity index (χ1v) is 6.16. The van der Waals surface area contributed by atoms with Crippen molar-refractivity contribution < 1.29 is 10.0 Å². The van der Waals surface area contributed by atoms with Gasteiger partial charge in [-0.2, -0.15) is 5.10 Å². The fourth-order valence-corrected chi connectivity index (χ4v) is 1.97. The van der Waals surface area contributed by atoms with E-state index >= 15 is 0 Å². The largest absolute Gasteiger partial charge is 0.409 e. The molecule has 106 valence electrons. The summed E-state index contributed by atoms with van der Waals surface area (Å²) in [6, 6.07) is -0.334. The number of hydrogen-bond acceptors (Lipinski definition) is 5. The molecular weight excluding hydrogens is 248 g/mol. The van der Waals surface area contributed by atoms with E-state index in [9.17, 15) is 4.79 Å². The number of carbonyl (C=O) groups excluding carboxylic acids is 1. The van der Waals surface area contributed by atoms with Crippen LogP contribution in [-0.4, -0.2) is 32.1 Å². The molecule has 1 amide bonds. The van der Waals surface area contributed by atoms with Crippen molar-refractivity contribution in [2.24, 2.45) is 16.3 Å². The van der Waals surface area contributed by atoms with Crippen molar-refractivity contribution in [1.82, 2.24) is 20.5 Å². The first-order chi connectivity index (χ1) is 9.01.